The highest BCUT2D eigenvalue weighted by molar-refractivity contribution is 5.91. The highest BCUT2D eigenvalue weighted by Gasteiger charge is 2.30. The number of ether oxygens (including phenoxy) is 2. The van der Waals surface area contributed by atoms with Crippen molar-refractivity contribution in [3.63, 3.8) is 0 Å². The topological polar surface area (TPSA) is 86.1 Å². The van der Waals surface area contributed by atoms with Gasteiger partial charge in [0.05, 0.1) is 17.8 Å². The summed E-state index contributed by atoms with van der Waals surface area (Å²) in [5.74, 6) is -2.15. The molecule has 0 spiro atoms. The van der Waals surface area contributed by atoms with Gasteiger partial charge in [0.25, 0.3) is 5.56 Å². The first kappa shape index (κ1) is 25.3. The first-order chi connectivity index (χ1) is 16.9. The van der Waals surface area contributed by atoms with Gasteiger partial charge in [0.2, 0.25) is 0 Å². The van der Waals surface area contributed by atoms with E-state index in [0.717, 1.165) is 35.1 Å². The maximum Gasteiger partial charge on any atom is 0.412 e. The summed E-state index contributed by atoms with van der Waals surface area (Å²) >= 11 is 0. The minimum atomic E-state index is -0.812. The van der Waals surface area contributed by atoms with Gasteiger partial charge in [-0.15, -0.1) is 0 Å². The zero-order valence-electron chi connectivity index (χ0n) is 20.8. The molecule has 9 heteroatoms. The molecule has 1 aliphatic carbocycles. The third-order valence-electron chi connectivity index (χ3n) is 5.88. The average molecular weight is 499 g/mol. The number of pyridine rings is 2. The largest absolute Gasteiger partial charge is 0.462 e. The van der Waals surface area contributed by atoms with Crippen LogP contribution in [0, 0.1) is 18.6 Å². The zero-order valence-corrected chi connectivity index (χ0v) is 20.8. The minimum absolute atomic E-state index is 0.108. The number of nitrogens with zero attached hydrogens (tertiary/aromatic N) is 1. The molecule has 1 fully saturated rings. The summed E-state index contributed by atoms with van der Waals surface area (Å²) in [5, 5.41) is 2.35. The van der Waals surface area contributed by atoms with Crippen LogP contribution in [0.5, 0.6) is 0 Å². The molecule has 3 aromatic rings. The lowest BCUT2D eigenvalue weighted by atomic mass is 9.96. The summed E-state index contributed by atoms with van der Waals surface area (Å²) in [4.78, 5) is 37.5. The van der Waals surface area contributed by atoms with Crippen LogP contribution >= 0.6 is 0 Å². The lowest BCUT2D eigenvalue weighted by molar-refractivity contribution is 0.0523. The van der Waals surface area contributed by atoms with Crippen molar-refractivity contribution < 1.29 is 27.8 Å². The van der Waals surface area contributed by atoms with Crippen molar-refractivity contribution in [3.05, 3.63) is 69.1 Å². The molecule has 190 valence electrons. The molecular weight excluding hydrogens is 470 g/mol. The van der Waals surface area contributed by atoms with E-state index in [1.54, 1.807) is 34.6 Å². The molecule has 7 nitrogen and oxygen atoms in total. The van der Waals surface area contributed by atoms with Gasteiger partial charge in [-0.25, -0.2) is 18.4 Å². The number of halogens is 2. The van der Waals surface area contributed by atoms with Crippen LogP contribution in [0.4, 0.5) is 19.3 Å². The number of hydrogen-bond acceptors (Lipinski definition) is 5. The van der Waals surface area contributed by atoms with Crippen LogP contribution in [0.2, 0.25) is 0 Å². The van der Waals surface area contributed by atoms with E-state index in [-0.39, 0.29) is 34.9 Å². The maximum atomic E-state index is 15.4. The Bertz CT molecular complexity index is 1440. The molecule has 2 heterocycles. The number of nitrogens with one attached hydrogen (secondary N) is 1. The van der Waals surface area contributed by atoms with E-state index in [2.05, 4.69) is 5.32 Å². The molecular formula is C27H28F2N2O5. The van der Waals surface area contributed by atoms with Gasteiger partial charge < -0.3 is 9.47 Å². The Labute approximate surface area is 207 Å². The predicted molar refractivity (Wildman–Crippen MR) is 132 cm³/mol. The Morgan fingerprint density at radius 1 is 1.14 bits per heavy atom. The molecule has 0 saturated heterocycles. The van der Waals surface area contributed by atoms with Gasteiger partial charge in [0, 0.05) is 11.8 Å². The van der Waals surface area contributed by atoms with Gasteiger partial charge in [-0.3, -0.25) is 14.5 Å². The molecule has 4 rings (SSSR count). The molecule has 1 saturated carbocycles. The Morgan fingerprint density at radius 2 is 1.83 bits per heavy atom. The standard InChI is InChI=1S/C27H28F2N2O5/c1-6-35-25(33)18-12-17(15-7-8-15)23-14(2)22(20(29)13-31(23)24(18)32)16-9-10-21(19(28)11-16)30-26(34)36-27(3,4)5/h9-13,15H,6-8H2,1-5H3,(H,30,34). The summed E-state index contributed by atoms with van der Waals surface area (Å²) in [6.07, 6.45) is 1.97. The van der Waals surface area contributed by atoms with Crippen LogP contribution in [-0.4, -0.2) is 28.7 Å². The van der Waals surface area contributed by atoms with Gasteiger partial charge in [-0.1, -0.05) is 6.07 Å². The van der Waals surface area contributed by atoms with Gasteiger partial charge in [-0.05, 0) is 88.3 Å². The third kappa shape index (κ3) is 4.96. The number of rotatable bonds is 5. The number of esters is 1. The molecule has 0 unspecified atom stereocenters. The van der Waals surface area contributed by atoms with Gasteiger partial charge in [-0.2, -0.15) is 0 Å². The Kier molecular flexibility index (Phi) is 6.60. The number of carbonyl (C=O) groups excluding carboxylic acids is 2. The Balaban J connectivity index is 1.82. The van der Waals surface area contributed by atoms with E-state index in [9.17, 15) is 18.8 Å². The zero-order chi connectivity index (χ0) is 26.4. The molecule has 0 radical (unpaired) electrons. The summed E-state index contributed by atoms with van der Waals surface area (Å²) in [6.45, 7) is 8.48. The van der Waals surface area contributed by atoms with Gasteiger partial charge in [0.15, 0.2) is 0 Å². The highest BCUT2D eigenvalue weighted by atomic mass is 19.1. The molecule has 0 aliphatic heterocycles. The number of carbonyl (C=O) groups is 2. The van der Waals surface area contributed by atoms with Crippen LogP contribution in [0.3, 0.4) is 0 Å². The fourth-order valence-electron chi connectivity index (χ4n) is 4.25. The molecule has 0 bridgehead atoms. The average Bonchev–Trinajstić information content (AvgIpc) is 3.60. The van der Waals surface area contributed by atoms with Crippen molar-refractivity contribution in [3.8, 4) is 11.1 Å². The van der Waals surface area contributed by atoms with E-state index < -0.39 is 34.9 Å². The van der Waals surface area contributed by atoms with Crippen molar-refractivity contribution in [1.82, 2.24) is 4.40 Å². The van der Waals surface area contributed by atoms with Crippen LogP contribution in [0.25, 0.3) is 16.6 Å². The van der Waals surface area contributed by atoms with Gasteiger partial charge in [0.1, 0.15) is 22.8 Å². The molecule has 1 aliphatic rings. The van der Waals surface area contributed by atoms with Crippen LogP contribution < -0.4 is 10.9 Å². The smallest absolute Gasteiger partial charge is 0.412 e. The normalized spacial score (nSPS) is 13.5. The Morgan fingerprint density at radius 3 is 2.42 bits per heavy atom. The van der Waals surface area contributed by atoms with Crippen molar-refractivity contribution in [2.45, 2.75) is 59.0 Å². The predicted octanol–water partition coefficient (Wildman–Crippen LogP) is 5.95. The Hall–Kier alpha value is -3.75. The lowest BCUT2D eigenvalue weighted by Crippen LogP contribution is -2.27. The van der Waals surface area contributed by atoms with E-state index >= 15 is 4.39 Å². The van der Waals surface area contributed by atoms with E-state index in [4.69, 9.17) is 9.47 Å². The van der Waals surface area contributed by atoms with Gasteiger partial charge >= 0.3 is 12.1 Å². The number of hydrogen-bond donors (Lipinski definition) is 1. The number of amides is 1. The van der Waals surface area contributed by atoms with Crippen LogP contribution in [0.1, 0.15) is 67.9 Å². The number of benzene rings is 1. The number of aromatic nitrogens is 1. The number of aryl methyl sites for hydroxylation is 1. The summed E-state index contributed by atoms with van der Waals surface area (Å²) in [7, 11) is 0. The lowest BCUT2D eigenvalue weighted by Gasteiger charge is -2.20. The summed E-state index contributed by atoms with van der Waals surface area (Å²) in [6, 6.07) is 5.47. The molecule has 1 amide bonds. The van der Waals surface area contributed by atoms with E-state index in [1.807, 2.05) is 0 Å². The first-order valence-corrected chi connectivity index (χ1v) is 11.8. The monoisotopic (exact) mass is 498 g/mol. The van der Waals surface area contributed by atoms with Crippen molar-refractivity contribution in [1.29, 1.82) is 0 Å². The molecule has 1 aromatic carbocycles. The van der Waals surface area contributed by atoms with Crippen molar-refractivity contribution in [2.24, 2.45) is 0 Å². The number of fused-ring (bicyclic) bond motifs is 1. The van der Waals surface area contributed by atoms with Crippen molar-refractivity contribution >= 4 is 23.3 Å². The summed E-state index contributed by atoms with van der Waals surface area (Å²) in [5.41, 5.74) is 0.360. The molecule has 36 heavy (non-hydrogen) atoms. The van der Waals surface area contributed by atoms with E-state index in [1.165, 1.54) is 18.2 Å². The van der Waals surface area contributed by atoms with Crippen LogP contribution in [0.15, 0.2) is 35.3 Å². The first-order valence-electron chi connectivity index (χ1n) is 11.8. The molecule has 0 atom stereocenters. The van der Waals surface area contributed by atoms with Crippen molar-refractivity contribution in [2.75, 3.05) is 11.9 Å². The fraction of sp³-hybridized carbons (Fsp3) is 0.370. The fourth-order valence-corrected chi connectivity index (χ4v) is 4.25. The molecule has 1 N–H and O–H groups in total. The van der Waals surface area contributed by atoms with E-state index in [0.29, 0.717) is 11.1 Å². The second-order valence-corrected chi connectivity index (χ2v) is 9.83. The molecule has 2 aromatic heterocycles. The SMILES string of the molecule is CCOC(=O)c1cc(C2CC2)c2c(C)c(-c3ccc(NC(=O)OC(C)(C)C)c(F)c3)c(F)cn2c1=O. The maximum absolute atomic E-state index is 15.4. The highest BCUT2D eigenvalue weighted by Crippen LogP contribution is 2.44. The number of anilines is 1. The minimum Gasteiger partial charge on any atom is -0.462 e. The quantitative estimate of drug-likeness (QED) is 0.439. The second-order valence-electron chi connectivity index (χ2n) is 9.83. The third-order valence-corrected chi connectivity index (χ3v) is 5.88. The summed E-state index contributed by atoms with van der Waals surface area (Å²) < 4.78 is 41.6. The second kappa shape index (κ2) is 9.37. The van der Waals surface area contributed by atoms with Crippen LogP contribution in [-0.2, 0) is 9.47 Å².